The monoisotopic (exact) mass is 393 g/mol. The first-order valence-electron chi connectivity index (χ1n) is 9.00. The Balaban J connectivity index is 1.47. The molecule has 1 aromatic heterocycles. The zero-order valence-electron chi connectivity index (χ0n) is 15.6. The molecule has 142 valence electrons. The standard InChI is InChI=1S/C21H19N3O3S/c1-12(25)14-3-5-16(6-4-14)23-21(27)15-9-20(26)24(11-15)17-7-8-19-18(10-17)22-13(2)28-19/h3-8,10,15H,9,11H2,1-2H3,(H,23,27). The Labute approximate surface area is 166 Å². The molecule has 1 saturated heterocycles. The van der Waals surface area contributed by atoms with Crippen LogP contribution in [0, 0.1) is 12.8 Å². The molecular formula is C21H19N3O3S. The number of nitrogens with one attached hydrogen (secondary N) is 1. The molecule has 1 aliphatic heterocycles. The van der Waals surface area contributed by atoms with Gasteiger partial charge in [0.15, 0.2) is 5.78 Å². The summed E-state index contributed by atoms with van der Waals surface area (Å²) in [6, 6.07) is 12.5. The summed E-state index contributed by atoms with van der Waals surface area (Å²) in [5.41, 5.74) is 2.84. The summed E-state index contributed by atoms with van der Waals surface area (Å²) in [7, 11) is 0. The van der Waals surface area contributed by atoms with Crippen LogP contribution in [0.15, 0.2) is 42.5 Å². The first kappa shape index (κ1) is 18.3. The van der Waals surface area contributed by atoms with Crippen LogP contribution in [0.2, 0.25) is 0 Å². The normalized spacial score (nSPS) is 16.6. The molecule has 1 unspecified atom stereocenters. The third-order valence-electron chi connectivity index (χ3n) is 4.84. The second kappa shape index (κ2) is 7.16. The third kappa shape index (κ3) is 3.53. The van der Waals surface area contributed by atoms with Gasteiger partial charge in [-0.05, 0) is 56.3 Å². The van der Waals surface area contributed by atoms with Crippen molar-refractivity contribution in [1.82, 2.24) is 4.98 Å². The SMILES string of the molecule is CC(=O)c1ccc(NC(=O)C2CC(=O)N(c3ccc4sc(C)nc4c3)C2)cc1. The number of Topliss-reactive ketones (excluding diaryl/α,β-unsaturated/α-hetero) is 1. The summed E-state index contributed by atoms with van der Waals surface area (Å²) < 4.78 is 1.08. The first-order chi connectivity index (χ1) is 13.4. The lowest BCUT2D eigenvalue weighted by atomic mass is 10.1. The van der Waals surface area contributed by atoms with E-state index in [0.717, 1.165) is 20.9 Å². The number of anilines is 2. The van der Waals surface area contributed by atoms with Gasteiger partial charge in [-0.3, -0.25) is 14.4 Å². The molecule has 0 bridgehead atoms. The van der Waals surface area contributed by atoms with Crippen molar-refractivity contribution in [3.63, 3.8) is 0 Å². The lowest BCUT2D eigenvalue weighted by molar-refractivity contribution is -0.122. The second-order valence-electron chi connectivity index (χ2n) is 6.91. The van der Waals surface area contributed by atoms with Gasteiger partial charge in [0.1, 0.15) is 0 Å². The van der Waals surface area contributed by atoms with Crippen LogP contribution in [0.4, 0.5) is 11.4 Å². The maximum atomic E-state index is 12.6. The highest BCUT2D eigenvalue weighted by Crippen LogP contribution is 2.30. The Morgan fingerprint density at radius 2 is 1.93 bits per heavy atom. The minimum Gasteiger partial charge on any atom is -0.326 e. The molecule has 0 radical (unpaired) electrons. The number of rotatable bonds is 4. The molecule has 7 heteroatoms. The Morgan fingerprint density at radius 1 is 1.18 bits per heavy atom. The zero-order valence-corrected chi connectivity index (χ0v) is 16.4. The van der Waals surface area contributed by atoms with Crippen molar-refractivity contribution < 1.29 is 14.4 Å². The number of benzene rings is 2. The van der Waals surface area contributed by atoms with Crippen molar-refractivity contribution in [1.29, 1.82) is 0 Å². The van der Waals surface area contributed by atoms with Gasteiger partial charge in [-0.25, -0.2) is 4.98 Å². The number of hydrogen-bond acceptors (Lipinski definition) is 5. The smallest absolute Gasteiger partial charge is 0.229 e. The fourth-order valence-corrected chi connectivity index (χ4v) is 4.17. The summed E-state index contributed by atoms with van der Waals surface area (Å²) in [5.74, 6) is -0.717. The number of fused-ring (bicyclic) bond motifs is 1. The number of nitrogens with zero attached hydrogens (tertiary/aromatic N) is 2. The molecule has 2 aromatic carbocycles. The van der Waals surface area contributed by atoms with Crippen molar-refractivity contribution in [2.75, 3.05) is 16.8 Å². The fourth-order valence-electron chi connectivity index (χ4n) is 3.36. The maximum absolute atomic E-state index is 12.6. The van der Waals surface area contributed by atoms with E-state index >= 15 is 0 Å². The van der Waals surface area contributed by atoms with Gasteiger partial charge in [0.2, 0.25) is 11.8 Å². The van der Waals surface area contributed by atoms with Gasteiger partial charge in [-0.15, -0.1) is 11.3 Å². The number of thiazole rings is 1. The molecular weight excluding hydrogens is 374 g/mol. The highest BCUT2D eigenvalue weighted by atomic mass is 32.1. The molecule has 1 aliphatic rings. The topological polar surface area (TPSA) is 79.4 Å². The summed E-state index contributed by atoms with van der Waals surface area (Å²) in [6.45, 7) is 3.79. The number of carbonyl (C=O) groups is 3. The van der Waals surface area contributed by atoms with Crippen LogP contribution in [0.5, 0.6) is 0 Å². The van der Waals surface area contributed by atoms with Crippen molar-refractivity contribution in [3.05, 3.63) is 53.0 Å². The van der Waals surface area contributed by atoms with Crippen LogP contribution < -0.4 is 10.2 Å². The highest BCUT2D eigenvalue weighted by molar-refractivity contribution is 7.18. The number of carbonyl (C=O) groups excluding carboxylic acids is 3. The Hall–Kier alpha value is -3.06. The van der Waals surface area contributed by atoms with Crippen LogP contribution in [0.1, 0.15) is 28.7 Å². The Bertz CT molecular complexity index is 1090. The average molecular weight is 393 g/mol. The number of hydrogen-bond donors (Lipinski definition) is 1. The van der Waals surface area contributed by atoms with Crippen molar-refractivity contribution in [2.45, 2.75) is 20.3 Å². The Kier molecular flexibility index (Phi) is 4.68. The molecule has 6 nitrogen and oxygen atoms in total. The van der Waals surface area contributed by atoms with E-state index in [1.807, 2.05) is 25.1 Å². The van der Waals surface area contributed by atoms with Gasteiger partial charge in [0.25, 0.3) is 0 Å². The number of ketones is 1. The molecule has 1 fully saturated rings. The molecule has 0 aliphatic carbocycles. The summed E-state index contributed by atoms with van der Waals surface area (Å²) in [6.07, 6.45) is 0.172. The second-order valence-corrected chi connectivity index (χ2v) is 8.15. The van der Waals surface area contributed by atoms with E-state index in [1.165, 1.54) is 6.92 Å². The third-order valence-corrected chi connectivity index (χ3v) is 5.80. The minimum absolute atomic E-state index is 0.0258. The number of amides is 2. The largest absolute Gasteiger partial charge is 0.326 e. The molecule has 0 saturated carbocycles. The Morgan fingerprint density at radius 3 is 2.64 bits per heavy atom. The maximum Gasteiger partial charge on any atom is 0.229 e. The van der Waals surface area contributed by atoms with Gasteiger partial charge in [0, 0.05) is 29.9 Å². The van der Waals surface area contributed by atoms with Gasteiger partial charge in [-0.1, -0.05) is 0 Å². The van der Waals surface area contributed by atoms with Crippen LogP contribution in [0.3, 0.4) is 0 Å². The van der Waals surface area contributed by atoms with E-state index in [0.29, 0.717) is 17.8 Å². The fraction of sp³-hybridized carbons (Fsp3) is 0.238. The average Bonchev–Trinajstić information content (AvgIpc) is 3.23. The van der Waals surface area contributed by atoms with E-state index in [2.05, 4.69) is 10.3 Å². The lowest BCUT2D eigenvalue weighted by Gasteiger charge is -2.16. The van der Waals surface area contributed by atoms with Crippen LogP contribution in [-0.4, -0.2) is 29.1 Å². The predicted molar refractivity (Wildman–Crippen MR) is 110 cm³/mol. The minimum atomic E-state index is -0.423. The highest BCUT2D eigenvalue weighted by Gasteiger charge is 2.35. The van der Waals surface area contributed by atoms with E-state index < -0.39 is 5.92 Å². The van der Waals surface area contributed by atoms with Crippen molar-refractivity contribution in [3.8, 4) is 0 Å². The van der Waals surface area contributed by atoms with Gasteiger partial charge < -0.3 is 10.2 Å². The molecule has 2 heterocycles. The number of aryl methyl sites for hydroxylation is 1. The summed E-state index contributed by atoms with van der Waals surface area (Å²) in [4.78, 5) is 42.6. The molecule has 3 aromatic rings. The van der Waals surface area contributed by atoms with Gasteiger partial charge in [0.05, 0.1) is 21.1 Å². The molecule has 0 spiro atoms. The molecule has 4 rings (SSSR count). The van der Waals surface area contributed by atoms with Gasteiger partial charge >= 0.3 is 0 Å². The van der Waals surface area contributed by atoms with E-state index in [4.69, 9.17) is 0 Å². The summed E-state index contributed by atoms with van der Waals surface area (Å²) in [5, 5.41) is 3.82. The van der Waals surface area contributed by atoms with Crippen LogP contribution in [-0.2, 0) is 9.59 Å². The predicted octanol–water partition coefficient (Wildman–Crippen LogP) is 3.80. The quantitative estimate of drug-likeness (QED) is 0.684. The van der Waals surface area contributed by atoms with E-state index in [9.17, 15) is 14.4 Å². The van der Waals surface area contributed by atoms with Crippen LogP contribution >= 0.6 is 11.3 Å². The van der Waals surface area contributed by atoms with Crippen molar-refractivity contribution in [2.24, 2.45) is 5.92 Å². The molecule has 2 amide bonds. The zero-order chi connectivity index (χ0) is 19.8. The van der Waals surface area contributed by atoms with Crippen LogP contribution in [0.25, 0.3) is 10.2 Å². The van der Waals surface area contributed by atoms with E-state index in [-0.39, 0.29) is 24.0 Å². The van der Waals surface area contributed by atoms with Crippen molar-refractivity contribution >= 4 is 50.5 Å². The van der Waals surface area contributed by atoms with Gasteiger partial charge in [-0.2, -0.15) is 0 Å². The lowest BCUT2D eigenvalue weighted by Crippen LogP contribution is -2.28. The van der Waals surface area contributed by atoms with E-state index in [1.54, 1.807) is 40.5 Å². The summed E-state index contributed by atoms with van der Waals surface area (Å²) >= 11 is 1.61. The molecule has 1 atom stereocenters. The molecule has 1 N–H and O–H groups in total. The molecule has 28 heavy (non-hydrogen) atoms. The number of aromatic nitrogens is 1. The first-order valence-corrected chi connectivity index (χ1v) is 9.82.